The van der Waals surface area contributed by atoms with E-state index in [1.807, 2.05) is 11.3 Å². The number of hydrogen-bond acceptors (Lipinski definition) is 4. The van der Waals surface area contributed by atoms with Gasteiger partial charge in [0, 0.05) is 35.5 Å². The molecule has 1 aromatic heterocycles. The lowest BCUT2D eigenvalue weighted by atomic mass is 9.85. The Bertz CT molecular complexity index is 366. The van der Waals surface area contributed by atoms with E-state index in [2.05, 4.69) is 43.2 Å². The van der Waals surface area contributed by atoms with Crippen molar-refractivity contribution in [2.24, 2.45) is 11.1 Å². The molecule has 0 aromatic carbocycles. The van der Waals surface area contributed by atoms with Crippen molar-refractivity contribution in [1.82, 2.24) is 4.90 Å². The van der Waals surface area contributed by atoms with Crippen molar-refractivity contribution in [3.05, 3.63) is 22.4 Å². The van der Waals surface area contributed by atoms with Gasteiger partial charge in [-0.05, 0) is 25.3 Å². The van der Waals surface area contributed by atoms with E-state index in [-0.39, 0.29) is 11.5 Å². The van der Waals surface area contributed by atoms with Crippen molar-refractivity contribution < 1.29 is 4.74 Å². The smallest absolute Gasteiger partial charge is 0.0624 e. The molecule has 0 saturated carbocycles. The van der Waals surface area contributed by atoms with Gasteiger partial charge in [0.25, 0.3) is 0 Å². The summed E-state index contributed by atoms with van der Waals surface area (Å²) in [7, 11) is 0. The van der Waals surface area contributed by atoms with Crippen LogP contribution in [0.25, 0.3) is 0 Å². The van der Waals surface area contributed by atoms with Crippen molar-refractivity contribution >= 4 is 11.3 Å². The number of nitrogens with two attached hydrogens (primary N) is 1. The van der Waals surface area contributed by atoms with Crippen molar-refractivity contribution in [2.75, 3.05) is 19.8 Å². The van der Waals surface area contributed by atoms with Crippen LogP contribution in [0.3, 0.4) is 0 Å². The Kier molecular flexibility index (Phi) is 4.43. The zero-order valence-corrected chi connectivity index (χ0v) is 12.4. The largest absolute Gasteiger partial charge is 0.379 e. The van der Waals surface area contributed by atoms with E-state index in [0.29, 0.717) is 12.6 Å². The van der Waals surface area contributed by atoms with Crippen LogP contribution in [0.4, 0.5) is 0 Å². The molecule has 1 fully saturated rings. The van der Waals surface area contributed by atoms with E-state index in [4.69, 9.17) is 10.5 Å². The third kappa shape index (κ3) is 3.12. The summed E-state index contributed by atoms with van der Waals surface area (Å²) < 4.78 is 5.54. The molecule has 102 valence electrons. The minimum Gasteiger partial charge on any atom is -0.379 e. The van der Waals surface area contributed by atoms with Gasteiger partial charge in [-0.1, -0.05) is 13.0 Å². The van der Waals surface area contributed by atoms with Crippen LogP contribution in [0.5, 0.6) is 0 Å². The highest BCUT2D eigenvalue weighted by atomic mass is 32.1. The van der Waals surface area contributed by atoms with Gasteiger partial charge in [0.2, 0.25) is 0 Å². The highest BCUT2D eigenvalue weighted by Gasteiger charge is 2.39. The van der Waals surface area contributed by atoms with Crippen LogP contribution in [-0.4, -0.2) is 36.7 Å². The molecule has 0 bridgehead atoms. The second-order valence-corrected chi connectivity index (χ2v) is 6.89. The van der Waals surface area contributed by atoms with Crippen molar-refractivity contribution in [1.29, 1.82) is 0 Å². The average Bonchev–Trinajstić information content (AvgIpc) is 2.90. The Morgan fingerprint density at radius 3 is 2.89 bits per heavy atom. The van der Waals surface area contributed by atoms with Crippen LogP contribution in [-0.2, 0) is 11.3 Å². The second-order valence-electron chi connectivity index (χ2n) is 5.85. The predicted octanol–water partition coefficient (Wildman–Crippen LogP) is 2.32. The van der Waals surface area contributed by atoms with E-state index < -0.39 is 0 Å². The topological polar surface area (TPSA) is 38.5 Å². The molecule has 1 aliphatic rings. The van der Waals surface area contributed by atoms with E-state index in [1.165, 1.54) is 4.88 Å². The SMILES string of the molecule is CC(C)N(Cc1cccs1)CC1(C)COCC1N. The summed E-state index contributed by atoms with van der Waals surface area (Å²) in [5.41, 5.74) is 6.27. The molecule has 18 heavy (non-hydrogen) atoms. The molecule has 1 saturated heterocycles. The van der Waals surface area contributed by atoms with E-state index in [0.717, 1.165) is 19.7 Å². The summed E-state index contributed by atoms with van der Waals surface area (Å²) in [6.45, 7) is 10.2. The Hall–Kier alpha value is -0.420. The summed E-state index contributed by atoms with van der Waals surface area (Å²) in [6.07, 6.45) is 0. The molecule has 1 aromatic rings. The van der Waals surface area contributed by atoms with Gasteiger partial charge in [-0.2, -0.15) is 0 Å². The summed E-state index contributed by atoms with van der Waals surface area (Å²) in [4.78, 5) is 3.92. The fourth-order valence-corrected chi connectivity index (χ4v) is 3.11. The standard InChI is InChI=1S/C14H24N2OS/c1-11(2)16(7-12-5-4-6-18-12)9-14(3)10-17-8-13(14)15/h4-6,11,13H,7-10,15H2,1-3H3. The predicted molar refractivity (Wildman–Crippen MR) is 76.8 cm³/mol. The maximum absolute atomic E-state index is 6.19. The number of rotatable bonds is 5. The molecule has 2 rings (SSSR count). The maximum Gasteiger partial charge on any atom is 0.0624 e. The first-order chi connectivity index (χ1) is 8.51. The molecular formula is C14H24N2OS. The van der Waals surface area contributed by atoms with Crippen molar-refractivity contribution in [2.45, 2.75) is 39.4 Å². The number of nitrogens with zero attached hydrogens (tertiary/aromatic N) is 1. The van der Waals surface area contributed by atoms with E-state index in [9.17, 15) is 0 Å². The van der Waals surface area contributed by atoms with Gasteiger partial charge < -0.3 is 10.5 Å². The summed E-state index contributed by atoms with van der Waals surface area (Å²) >= 11 is 1.82. The monoisotopic (exact) mass is 268 g/mol. The molecular weight excluding hydrogens is 244 g/mol. The molecule has 4 heteroatoms. The molecule has 3 nitrogen and oxygen atoms in total. The molecule has 2 heterocycles. The van der Waals surface area contributed by atoms with Crippen LogP contribution >= 0.6 is 11.3 Å². The van der Waals surface area contributed by atoms with Crippen LogP contribution in [0.2, 0.25) is 0 Å². The highest BCUT2D eigenvalue weighted by Crippen LogP contribution is 2.29. The molecule has 0 aliphatic carbocycles. The van der Waals surface area contributed by atoms with E-state index in [1.54, 1.807) is 0 Å². The van der Waals surface area contributed by atoms with Gasteiger partial charge >= 0.3 is 0 Å². The zero-order chi connectivity index (χ0) is 13.2. The van der Waals surface area contributed by atoms with Crippen LogP contribution in [0.15, 0.2) is 17.5 Å². The fraction of sp³-hybridized carbons (Fsp3) is 0.714. The Morgan fingerprint density at radius 2 is 2.39 bits per heavy atom. The third-order valence-electron chi connectivity index (χ3n) is 3.86. The van der Waals surface area contributed by atoms with Gasteiger partial charge in [-0.15, -0.1) is 11.3 Å². The lowest BCUT2D eigenvalue weighted by Crippen LogP contribution is -2.48. The average molecular weight is 268 g/mol. The lowest BCUT2D eigenvalue weighted by Gasteiger charge is -2.36. The molecule has 0 spiro atoms. The number of thiophene rings is 1. The van der Waals surface area contributed by atoms with Crippen LogP contribution < -0.4 is 5.73 Å². The molecule has 2 unspecified atom stereocenters. The second kappa shape index (κ2) is 5.70. The summed E-state index contributed by atoms with van der Waals surface area (Å²) in [5.74, 6) is 0. The Labute approximate surface area is 114 Å². The van der Waals surface area contributed by atoms with Crippen LogP contribution in [0, 0.1) is 5.41 Å². The van der Waals surface area contributed by atoms with Crippen molar-refractivity contribution in [3.8, 4) is 0 Å². The van der Waals surface area contributed by atoms with Crippen LogP contribution in [0.1, 0.15) is 25.6 Å². The van der Waals surface area contributed by atoms with E-state index >= 15 is 0 Å². The third-order valence-corrected chi connectivity index (χ3v) is 4.72. The molecule has 1 aliphatic heterocycles. The molecule has 2 atom stereocenters. The molecule has 0 radical (unpaired) electrons. The fourth-order valence-electron chi connectivity index (χ4n) is 2.38. The summed E-state index contributed by atoms with van der Waals surface area (Å²) in [5, 5.41) is 2.14. The van der Waals surface area contributed by atoms with Gasteiger partial charge in [0.15, 0.2) is 0 Å². The van der Waals surface area contributed by atoms with Gasteiger partial charge in [-0.25, -0.2) is 0 Å². The highest BCUT2D eigenvalue weighted by molar-refractivity contribution is 7.09. The molecule has 2 N–H and O–H groups in total. The minimum absolute atomic E-state index is 0.0849. The van der Waals surface area contributed by atoms with Gasteiger partial charge in [0.05, 0.1) is 13.2 Å². The zero-order valence-electron chi connectivity index (χ0n) is 11.6. The number of ether oxygens (including phenoxy) is 1. The number of hydrogen-bond donors (Lipinski definition) is 1. The summed E-state index contributed by atoms with van der Waals surface area (Å²) in [6, 6.07) is 5.00. The maximum atomic E-state index is 6.19. The Balaban J connectivity index is 2.02. The van der Waals surface area contributed by atoms with Gasteiger partial charge in [0.1, 0.15) is 0 Å². The first-order valence-electron chi connectivity index (χ1n) is 6.61. The quantitative estimate of drug-likeness (QED) is 0.890. The first kappa shape index (κ1) is 14.0. The minimum atomic E-state index is 0.0849. The van der Waals surface area contributed by atoms with Gasteiger partial charge in [-0.3, -0.25) is 4.90 Å². The molecule has 0 amide bonds. The van der Waals surface area contributed by atoms with Crippen molar-refractivity contribution in [3.63, 3.8) is 0 Å². The lowest BCUT2D eigenvalue weighted by molar-refractivity contribution is 0.0979. The first-order valence-corrected chi connectivity index (χ1v) is 7.49. The normalized spacial score (nSPS) is 28.4. The Morgan fingerprint density at radius 1 is 1.61 bits per heavy atom.